The number of hydrogen-bond acceptors (Lipinski definition) is 4. The first-order valence-electron chi connectivity index (χ1n) is 18.9. The first-order valence-corrected chi connectivity index (χ1v) is 22.3. The standard InChI is InChI=1S/C42H58S4/c1-3-5-7-9-11-13-15-17-19-21-23-33-25-27-37(45-33)39-35-29-31-44-42(35)40(36-30-32-43-41(36)39)38-28-26-34(46-38)24-22-20-18-16-14-12-10-8-6-4-2/h25-32H,3-24H2,1-2H3. The summed E-state index contributed by atoms with van der Waals surface area (Å²) in [5.41, 5.74) is 2.96. The van der Waals surface area contributed by atoms with Gasteiger partial charge in [-0.3, -0.25) is 0 Å². The van der Waals surface area contributed by atoms with Crippen LogP contribution in [0.4, 0.5) is 0 Å². The minimum absolute atomic E-state index is 1.23. The highest BCUT2D eigenvalue weighted by molar-refractivity contribution is 7.22. The summed E-state index contributed by atoms with van der Waals surface area (Å²) in [5, 5.41) is 7.54. The van der Waals surface area contributed by atoms with Gasteiger partial charge in [0.05, 0.1) is 0 Å². The van der Waals surface area contributed by atoms with Gasteiger partial charge in [0.15, 0.2) is 0 Å². The zero-order valence-electron chi connectivity index (χ0n) is 28.8. The number of rotatable bonds is 24. The molecule has 0 nitrogen and oxygen atoms in total. The van der Waals surface area contributed by atoms with Crippen LogP contribution in [-0.2, 0) is 12.8 Å². The largest absolute Gasteiger partial charge is 0.143 e. The molecule has 46 heavy (non-hydrogen) atoms. The molecule has 0 aliphatic rings. The van der Waals surface area contributed by atoms with Crippen LogP contribution in [0.5, 0.6) is 0 Å². The van der Waals surface area contributed by atoms with Crippen LogP contribution < -0.4 is 0 Å². The Morgan fingerprint density at radius 2 is 0.739 bits per heavy atom. The molecule has 0 aliphatic heterocycles. The summed E-state index contributed by atoms with van der Waals surface area (Å²) >= 11 is 7.95. The van der Waals surface area contributed by atoms with Gasteiger partial charge in [0, 0.05) is 50.8 Å². The molecule has 250 valence electrons. The molecule has 5 rings (SSSR count). The van der Waals surface area contributed by atoms with Crippen LogP contribution in [-0.4, -0.2) is 0 Å². The van der Waals surface area contributed by atoms with E-state index in [-0.39, 0.29) is 0 Å². The lowest BCUT2D eigenvalue weighted by Crippen LogP contribution is -1.84. The van der Waals surface area contributed by atoms with E-state index in [0.717, 1.165) is 0 Å². The summed E-state index contributed by atoms with van der Waals surface area (Å²) in [6, 6.07) is 14.4. The first kappa shape index (κ1) is 35.8. The normalized spacial score (nSPS) is 11.9. The van der Waals surface area contributed by atoms with Crippen molar-refractivity contribution in [2.75, 3.05) is 0 Å². The van der Waals surface area contributed by atoms with Crippen molar-refractivity contribution in [1.29, 1.82) is 0 Å². The fraction of sp³-hybridized carbons (Fsp3) is 0.571. The molecule has 5 aromatic rings. The predicted octanol–water partition coefficient (Wildman–Crippen LogP) is 16.5. The summed E-state index contributed by atoms with van der Waals surface area (Å²) < 4.78 is 2.94. The molecular weight excluding hydrogens is 633 g/mol. The smallest absolute Gasteiger partial charge is 0.0442 e. The van der Waals surface area contributed by atoms with Crippen LogP contribution in [0.25, 0.3) is 41.1 Å². The van der Waals surface area contributed by atoms with Crippen molar-refractivity contribution in [1.82, 2.24) is 0 Å². The maximum atomic E-state index is 2.42. The van der Waals surface area contributed by atoms with E-state index in [1.807, 2.05) is 45.3 Å². The second-order valence-corrected chi connectivity index (χ2v) is 17.6. The van der Waals surface area contributed by atoms with E-state index in [4.69, 9.17) is 0 Å². The monoisotopic (exact) mass is 690 g/mol. The molecule has 0 saturated carbocycles. The average molecular weight is 691 g/mol. The van der Waals surface area contributed by atoms with Gasteiger partial charge in [-0.2, -0.15) is 0 Å². The molecule has 0 atom stereocenters. The lowest BCUT2D eigenvalue weighted by molar-refractivity contribution is 0.557. The maximum Gasteiger partial charge on any atom is 0.0442 e. The van der Waals surface area contributed by atoms with Crippen LogP contribution in [0.3, 0.4) is 0 Å². The summed E-state index contributed by atoms with van der Waals surface area (Å²) in [7, 11) is 0. The molecule has 4 aromatic heterocycles. The van der Waals surface area contributed by atoms with Crippen molar-refractivity contribution in [3.8, 4) is 20.9 Å². The molecule has 0 saturated heterocycles. The van der Waals surface area contributed by atoms with Gasteiger partial charge in [-0.05, 0) is 72.8 Å². The molecule has 0 N–H and O–H groups in total. The van der Waals surface area contributed by atoms with Crippen LogP contribution in [0, 0.1) is 0 Å². The van der Waals surface area contributed by atoms with Crippen molar-refractivity contribution in [2.24, 2.45) is 0 Å². The number of hydrogen-bond donors (Lipinski definition) is 0. The second-order valence-electron chi connectivity index (χ2n) is 13.5. The van der Waals surface area contributed by atoms with E-state index in [0.29, 0.717) is 0 Å². The average Bonchev–Trinajstić information content (AvgIpc) is 3.90. The topological polar surface area (TPSA) is 0 Å². The maximum absolute atomic E-state index is 2.42. The van der Waals surface area contributed by atoms with Gasteiger partial charge in [0.2, 0.25) is 0 Å². The van der Waals surface area contributed by atoms with Gasteiger partial charge in [-0.1, -0.05) is 129 Å². The van der Waals surface area contributed by atoms with E-state index in [9.17, 15) is 0 Å². The Morgan fingerprint density at radius 3 is 1.11 bits per heavy atom. The highest BCUT2D eigenvalue weighted by Crippen LogP contribution is 2.50. The summed E-state index contributed by atoms with van der Waals surface area (Å²) in [6.45, 7) is 4.61. The fourth-order valence-corrected chi connectivity index (χ4v) is 11.3. The van der Waals surface area contributed by atoms with E-state index in [2.05, 4.69) is 61.0 Å². The van der Waals surface area contributed by atoms with Gasteiger partial charge in [-0.25, -0.2) is 0 Å². The Balaban J connectivity index is 1.16. The Bertz CT molecular complexity index is 1380. The third kappa shape index (κ3) is 10.3. The highest BCUT2D eigenvalue weighted by Gasteiger charge is 2.20. The Morgan fingerprint density at radius 1 is 0.391 bits per heavy atom. The second kappa shape index (κ2) is 20.1. The molecule has 0 radical (unpaired) electrons. The quantitative estimate of drug-likeness (QED) is 0.0565. The fourth-order valence-electron chi connectivity index (χ4n) is 7.00. The summed E-state index contributed by atoms with van der Waals surface area (Å²) in [4.78, 5) is 6.03. The molecule has 4 heteroatoms. The predicted molar refractivity (Wildman–Crippen MR) is 215 cm³/mol. The molecule has 0 bridgehead atoms. The summed E-state index contributed by atoms with van der Waals surface area (Å²) in [6.07, 6.45) is 30.6. The summed E-state index contributed by atoms with van der Waals surface area (Å²) in [5.74, 6) is 0. The number of thiophene rings is 4. The van der Waals surface area contributed by atoms with Gasteiger partial charge >= 0.3 is 0 Å². The molecular formula is C42H58S4. The van der Waals surface area contributed by atoms with Gasteiger partial charge < -0.3 is 0 Å². The van der Waals surface area contributed by atoms with Crippen molar-refractivity contribution in [3.05, 3.63) is 56.9 Å². The van der Waals surface area contributed by atoms with Gasteiger partial charge in [0.1, 0.15) is 0 Å². The Kier molecular flexibility index (Phi) is 15.7. The van der Waals surface area contributed by atoms with E-state index in [1.54, 1.807) is 9.75 Å². The molecule has 1 aromatic carbocycles. The minimum Gasteiger partial charge on any atom is -0.143 e. The van der Waals surface area contributed by atoms with E-state index in [1.165, 1.54) is 182 Å². The van der Waals surface area contributed by atoms with Crippen molar-refractivity contribution < 1.29 is 0 Å². The molecule has 0 spiro atoms. The SMILES string of the molecule is CCCCCCCCCCCCc1ccc(-c2c3ccsc3c(-c3ccc(CCCCCCCCCCCC)s3)c3ccsc23)s1. The van der Waals surface area contributed by atoms with Crippen LogP contribution >= 0.6 is 45.3 Å². The number of fused-ring (bicyclic) bond motifs is 2. The highest BCUT2D eigenvalue weighted by atomic mass is 32.1. The third-order valence-corrected chi connectivity index (χ3v) is 13.9. The number of benzene rings is 1. The van der Waals surface area contributed by atoms with Crippen LogP contribution in [0.1, 0.15) is 152 Å². The molecule has 0 unspecified atom stereocenters. The molecule has 4 heterocycles. The lowest BCUT2D eigenvalue weighted by Gasteiger charge is -2.10. The van der Waals surface area contributed by atoms with E-state index >= 15 is 0 Å². The molecule has 0 amide bonds. The Labute approximate surface area is 296 Å². The van der Waals surface area contributed by atoms with Crippen LogP contribution in [0.2, 0.25) is 0 Å². The van der Waals surface area contributed by atoms with Crippen LogP contribution in [0.15, 0.2) is 47.2 Å². The number of aryl methyl sites for hydroxylation is 2. The van der Waals surface area contributed by atoms with Crippen molar-refractivity contribution in [2.45, 2.75) is 155 Å². The zero-order valence-corrected chi connectivity index (χ0v) is 32.1. The third-order valence-electron chi connectivity index (χ3n) is 9.69. The first-order chi connectivity index (χ1) is 22.8. The van der Waals surface area contributed by atoms with E-state index < -0.39 is 0 Å². The molecule has 0 aliphatic carbocycles. The minimum atomic E-state index is 1.23. The van der Waals surface area contributed by atoms with Gasteiger partial charge in [0.25, 0.3) is 0 Å². The van der Waals surface area contributed by atoms with Crippen molar-refractivity contribution in [3.63, 3.8) is 0 Å². The zero-order chi connectivity index (χ0) is 31.8. The molecule has 0 fully saturated rings. The van der Waals surface area contributed by atoms with Crippen molar-refractivity contribution >= 4 is 65.5 Å². The Hall–Kier alpha value is -1.46. The lowest BCUT2D eigenvalue weighted by atomic mass is 10.0. The van der Waals surface area contributed by atoms with Gasteiger partial charge in [-0.15, -0.1) is 45.3 Å². The number of unbranched alkanes of at least 4 members (excludes halogenated alkanes) is 18.